The molecular weight excluding hydrogens is 412 g/mol. The molecule has 5 atom stereocenters. The van der Waals surface area contributed by atoms with Gasteiger partial charge in [-0.25, -0.2) is 0 Å². The monoisotopic (exact) mass is 448 g/mol. The van der Waals surface area contributed by atoms with E-state index in [0.717, 1.165) is 5.56 Å². The predicted octanol–water partition coefficient (Wildman–Crippen LogP) is 4.48. The number of hydrogen-bond donors (Lipinski definition) is 0. The van der Waals surface area contributed by atoms with Crippen molar-refractivity contribution in [3.63, 3.8) is 0 Å². The van der Waals surface area contributed by atoms with E-state index in [1.165, 1.54) is 0 Å². The van der Waals surface area contributed by atoms with Gasteiger partial charge in [-0.3, -0.25) is 9.59 Å². The van der Waals surface area contributed by atoms with Crippen molar-refractivity contribution in [1.29, 1.82) is 0 Å². The maximum atomic E-state index is 12.6. The van der Waals surface area contributed by atoms with E-state index in [0.29, 0.717) is 19.4 Å². The molecule has 3 rings (SSSR count). The molecule has 172 valence electrons. The number of carbonyl (C=O) groups is 2. The Morgan fingerprint density at radius 2 is 1.84 bits per heavy atom. The lowest BCUT2D eigenvalue weighted by Crippen LogP contribution is -2.55. The van der Waals surface area contributed by atoms with Crippen molar-refractivity contribution in [2.45, 2.75) is 83.6 Å². The molecule has 6 nitrogen and oxygen atoms in total. The zero-order valence-electron chi connectivity index (χ0n) is 19.6. The minimum absolute atomic E-state index is 0.00687. The van der Waals surface area contributed by atoms with Gasteiger partial charge in [0, 0.05) is 5.92 Å². The average molecular weight is 449 g/mol. The van der Waals surface area contributed by atoms with E-state index in [1.807, 2.05) is 30.3 Å². The van der Waals surface area contributed by atoms with E-state index >= 15 is 0 Å². The van der Waals surface area contributed by atoms with Crippen LogP contribution in [0.4, 0.5) is 0 Å². The highest BCUT2D eigenvalue weighted by atomic mass is 28.4. The Balaban J connectivity index is 1.83. The van der Waals surface area contributed by atoms with E-state index in [4.69, 9.17) is 18.6 Å². The lowest BCUT2D eigenvalue weighted by molar-refractivity contribution is -0.159. The first-order chi connectivity index (χ1) is 14.5. The van der Waals surface area contributed by atoms with Gasteiger partial charge in [0.05, 0.1) is 19.3 Å². The fourth-order valence-corrected chi connectivity index (χ4v) is 5.47. The molecule has 1 heterocycles. The van der Waals surface area contributed by atoms with Crippen LogP contribution in [0.1, 0.15) is 46.1 Å². The van der Waals surface area contributed by atoms with Crippen molar-refractivity contribution in [2.75, 3.05) is 6.61 Å². The van der Waals surface area contributed by atoms with E-state index in [1.54, 1.807) is 6.92 Å². The topological polar surface area (TPSA) is 71.1 Å². The Labute approximate surface area is 186 Å². The zero-order valence-corrected chi connectivity index (χ0v) is 20.6. The lowest BCUT2D eigenvalue weighted by atomic mass is 9.77. The van der Waals surface area contributed by atoms with Crippen LogP contribution < -0.4 is 0 Å². The Morgan fingerprint density at radius 1 is 1.16 bits per heavy atom. The second-order valence-corrected chi connectivity index (χ2v) is 14.8. The molecule has 0 N–H and O–H groups in total. The number of esters is 2. The largest absolute Gasteiger partial charge is 0.465 e. The highest BCUT2D eigenvalue weighted by Gasteiger charge is 2.58. The molecule has 2 aliphatic rings. The molecule has 2 fully saturated rings. The summed E-state index contributed by atoms with van der Waals surface area (Å²) in [6.45, 7) is 13.4. The van der Waals surface area contributed by atoms with Crippen LogP contribution >= 0.6 is 0 Å². The van der Waals surface area contributed by atoms with Crippen molar-refractivity contribution in [2.24, 2.45) is 11.8 Å². The van der Waals surface area contributed by atoms with Crippen LogP contribution in [0.15, 0.2) is 30.3 Å². The van der Waals surface area contributed by atoms with Gasteiger partial charge in [-0.15, -0.1) is 0 Å². The first-order valence-electron chi connectivity index (χ1n) is 11.3. The third kappa shape index (κ3) is 5.21. The van der Waals surface area contributed by atoms with E-state index in [9.17, 15) is 9.59 Å². The Morgan fingerprint density at radius 3 is 2.45 bits per heavy atom. The molecule has 7 heteroatoms. The van der Waals surface area contributed by atoms with Gasteiger partial charge in [-0.05, 0) is 43.5 Å². The summed E-state index contributed by atoms with van der Waals surface area (Å²) >= 11 is 0. The molecule has 0 aromatic heterocycles. The lowest BCUT2D eigenvalue weighted by Gasteiger charge is -2.45. The van der Waals surface area contributed by atoms with Crippen molar-refractivity contribution in [3.05, 3.63) is 35.9 Å². The molecule has 1 aliphatic carbocycles. The quantitative estimate of drug-likeness (QED) is 0.348. The fourth-order valence-electron chi connectivity index (χ4n) is 4.15. The summed E-state index contributed by atoms with van der Waals surface area (Å²) in [5, 5.41) is -0.00687. The molecule has 0 radical (unpaired) electrons. The molecule has 1 aromatic carbocycles. The molecule has 1 saturated heterocycles. The summed E-state index contributed by atoms with van der Waals surface area (Å²) in [7, 11) is -2.18. The normalized spacial score (nSPS) is 28.7. The van der Waals surface area contributed by atoms with Crippen LogP contribution in [0.5, 0.6) is 0 Å². The van der Waals surface area contributed by atoms with Crippen molar-refractivity contribution in [1.82, 2.24) is 0 Å². The molecule has 1 aromatic rings. The van der Waals surface area contributed by atoms with Gasteiger partial charge in [-0.1, -0.05) is 51.1 Å². The molecule has 0 bridgehead atoms. The zero-order chi connectivity index (χ0) is 22.8. The van der Waals surface area contributed by atoms with Gasteiger partial charge in [0.15, 0.2) is 14.2 Å². The Kier molecular flexibility index (Phi) is 7.28. The Hall–Kier alpha value is -1.70. The van der Waals surface area contributed by atoms with E-state index in [-0.39, 0.29) is 23.7 Å². The second kappa shape index (κ2) is 9.43. The van der Waals surface area contributed by atoms with Crippen molar-refractivity contribution < 1.29 is 28.2 Å². The van der Waals surface area contributed by atoms with Gasteiger partial charge in [0.2, 0.25) is 0 Å². The number of benzene rings is 1. The highest BCUT2D eigenvalue weighted by molar-refractivity contribution is 6.74. The van der Waals surface area contributed by atoms with Gasteiger partial charge in [-0.2, -0.15) is 0 Å². The maximum absolute atomic E-state index is 12.6. The Bertz CT molecular complexity index is 772. The fraction of sp³-hybridized carbons (Fsp3) is 0.667. The third-order valence-electron chi connectivity index (χ3n) is 6.92. The minimum atomic E-state index is -2.18. The van der Waals surface area contributed by atoms with Crippen LogP contribution in [0.2, 0.25) is 18.1 Å². The van der Waals surface area contributed by atoms with Crippen molar-refractivity contribution in [3.8, 4) is 0 Å². The molecule has 1 aliphatic heterocycles. The molecule has 0 unspecified atom stereocenters. The SMILES string of the molecule is CCOC(=O)[C@@H]1C(=O)O[C@H]2[C@H]1CC[C@H](OCc1ccccc1)[C@H]2O[Si](C)(C)C(C)(C)C. The van der Waals surface area contributed by atoms with Gasteiger partial charge in [0.25, 0.3) is 0 Å². The van der Waals surface area contributed by atoms with Crippen LogP contribution in [0.25, 0.3) is 0 Å². The molecule has 31 heavy (non-hydrogen) atoms. The van der Waals surface area contributed by atoms with Gasteiger partial charge >= 0.3 is 11.9 Å². The van der Waals surface area contributed by atoms with Crippen LogP contribution in [0.3, 0.4) is 0 Å². The summed E-state index contributed by atoms with van der Waals surface area (Å²) < 4.78 is 24.0. The van der Waals surface area contributed by atoms with Crippen molar-refractivity contribution >= 4 is 20.3 Å². The predicted molar refractivity (Wildman–Crippen MR) is 120 cm³/mol. The molecule has 1 saturated carbocycles. The first-order valence-corrected chi connectivity index (χ1v) is 14.2. The van der Waals surface area contributed by atoms with E-state index < -0.39 is 38.4 Å². The third-order valence-corrected chi connectivity index (χ3v) is 11.4. The van der Waals surface area contributed by atoms with E-state index in [2.05, 4.69) is 33.9 Å². The molecule has 0 amide bonds. The second-order valence-electron chi connectivity index (χ2n) is 10.1. The number of hydrogen-bond acceptors (Lipinski definition) is 6. The van der Waals surface area contributed by atoms with Gasteiger partial charge < -0.3 is 18.6 Å². The van der Waals surface area contributed by atoms with Crippen LogP contribution in [-0.4, -0.2) is 45.2 Å². The summed E-state index contributed by atoms with van der Waals surface area (Å²) in [5.74, 6) is -2.10. The summed E-state index contributed by atoms with van der Waals surface area (Å²) in [4.78, 5) is 25.1. The van der Waals surface area contributed by atoms with Crippen LogP contribution in [-0.2, 0) is 34.8 Å². The molecular formula is C24H36O6Si. The maximum Gasteiger partial charge on any atom is 0.321 e. The standard InChI is InChI=1S/C24H36O6Si/c1-7-27-22(25)19-17-13-14-18(28-15-16-11-9-8-10-12-16)21(20(17)29-23(19)26)30-31(5,6)24(2,3)4/h8-12,17-21H,7,13-15H2,1-6H3/t17-,18-,19+,20-,21+/m0/s1. The minimum Gasteiger partial charge on any atom is -0.465 e. The highest BCUT2D eigenvalue weighted by Crippen LogP contribution is 2.45. The number of rotatable bonds is 7. The summed E-state index contributed by atoms with van der Waals surface area (Å²) in [5.41, 5.74) is 1.09. The van der Waals surface area contributed by atoms with Crippen LogP contribution in [0, 0.1) is 11.8 Å². The average Bonchev–Trinajstić information content (AvgIpc) is 3.03. The molecule has 0 spiro atoms. The summed E-state index contributed by atoms with van der Waals surface area (Å²) in [6.07, 6.45) is 0.276. The number of carbonyl (C=O) groups excluding carboxylic acids is 2. The first kappa shape index (κ1) is 23.9. The number of fused-ring (bicyclic) bond motifs is 1. The smallest absolute Gasteiger partial charge is 0.321 e. The number of ether oxygens (including phenoxy) is 3. The van der Waals surface area contributed by atoms with Gasteiger partial charge in [0.1, 0.15) is 12.2 Å². The summed E-state index contributed by atoms with van der Waals surface area (Å²) in [6, 6.07) is 10.0.